The third kappa shape index (κ3) is 5.59. The fraction of sp³-hybridized carbons (Fsp3) is 0.176. The van der Waals surface area contributed by atoms with E-state index in [1.54, 1.807) is 0 Å². The minimum Gasteiger partial charge on any atom is -0.350 e. The second-order valence-electron chi connectivity index (χ2n) is 5.16. The molecule has 0 saturated heterocycles. The van der Waals surface area contributed by atoms with Crippen molar-refractivity contribution in [1.82, 2.24) is 10.6 Å². The summed E-state index contributed by atoms with van der Waals surface area (Å²) in [6.45, 7) is -0.454. The van der Waals surface area contributed by atoms with E-state index in [9.17, 15) is 27.2 Å². The van der Waals surface area contributed by atoms with E-state index in [1.165, 1.54) is 24.3 Å². The predicted molar refractivity (Wildman–Crippen MR) is 82.0 cm³/mol. The Morgan fingerprint density at radius 1 is 0.960 bits per heavy atom. The standard InChI is InChI=1S/C17H14F4N2O2/c18-14-6-4-12(5-7-14)16(25)23-10-15(24)22-9-11-2-1-3-13(8-11)17(19,20)21/h1-8H,9-10H2,(H,22,24)(H,23,25). The van der Waals surface area contributed by atoms with Crippen LogP contribution in [0.2, 0.25) is 0 Å². The molecule has 2 aromatic rings. The molecule has 0 spiro atoms. The predicted octanol–water partition coefficient (Wildman–Crippen LogP) is 2.89. The molecule has 0 saturated carbocycles. The summed E-state index contributed by atoms with van der Waals surface area (Å²) in [4.78, 5) is 23.4. The first-order valence-electron chi connectivity index (χ1n) is 7.22. The van der Waals surface area contributed by atoms with Gasteiger partial charge in [0.25, 0.3) is 5.91 Å². The van der Waals surface area contributed by atoms with Gasteiger partial charge in [-0.25, -0.2) is 4.39 Å². The van der Waals surface area contributed by atoms with Crippen molar-refractivity contribution in [2.75, 3.05) is 6.54 Å². The maximum atomic E-state index is 12.8. The molecular formula is C17H14F4N2O2. The van der Waals surface area contributed by atoms with E-state index in [1.807, 2.05) is 0 Å². The Morgan fingerprint density at radius 3 is 2.28 bits per heavy atom. The van der Waals surface area contributed by atoms with Crippen LogP contribution < -0.4 is 10.6 Å². The maximum Gasteiger partial charge on any atom is 0.416 e. The van der Waals surface area contributed by atoms with E-state index in [4.69, 9.17) is 0 Å². The van der Waals surface area contributed by atoms with E-state index in [0.717, 1.165) is 24.3 Å². The normalized spacial score (nSPS) is 11.0. The van der Waals surface area contributed by atoms with E-state index in [0.29, 0.717) is 0 Å². The SMILES string of the molecule is O=C(CNC(=O)c1ccc(F)cc1)NCc1cccc(C(F)(F)F)c1. The van der Waals surface area contributed by atoms with Crippen LogP contribution in [0.5, 0.6) is 0 Å². The molecule has 0 heterocycles. The molecule has 0 fully saturated rings. The van der Waals surface area contributed by atoms with Gasteiger partial charge in [0.05, 0.1) is 12.1 Å². The molecule has 0 aliphatic rings. The first-order valence-corrected chi connectivity index (χ1v) is 7.22. The molecule has 132 valence electrons. The van der Waals surface area contributed by atoms with Crippen molar-refractivity contribution >= 4 is 11.8 Å². The first kappa shape index (κ1) is 18.4. The lowest BCUT2D eigenvalue weighted by molar-refractivity contribution is -0.137. The van der Waals surface area contributed by atoms with Gasteiger partial charge >= 0.3 is 6.18 Å². The lowest BCUT2D eigenvalue weighted by Gasteiger charge is -2.10. The second-order valence-corrected chi connectivity index (χ2v) is 5.16. The van der Waals surface area contributed by atoms with Gasteiger partial charge in [-0.15, -0.1) is 0 Å². The zero-order valence-electron chi connectivity index (χ0n) is 12.9. The van der Waals surface area contributed by atoms with Crippen molar-refractivity contribution in [3.05, 3.63) is 71.0 Å². The largest absolute Gasteiger partial charge is 0.416 e. The third-order valence-electron chi connectivity index (χ3n) is 3.26. The number of halogens is 4. The van der Waals surface area contributed by atoms with Gasteiger partial charge < -0.3 is 10.6 Å². The highest BCUT2D eigenvalue weighted by molar-refractivity contribution is 5.96. The highest BCUT2D eigenvalue weighted by Crippen LogP contribution is 2.29. The molecule has 0 bridgehead atoms. The lowest BCUT2D eigenvalue weighted by Crippen LogP contribution is -2.36. The Kier molecular flexibility index (Phi) is 5.74. The fourth-order valence-corrected chi connectivity index (χ4v) is 1.98. The molecule has 2 N–H and O–H groups in total. The summed E-state index contributed by atoms with van der Waals surface area (Å²) in [6.07, 6.45) is -4.46. The molecule has 0 aliphatic carbocycles. The number of amides is 2. The topological polar surface area (TPSA) is 58.2 Å². The molecule has 2 amide bonds. The molecule has 0 atom stereocenters. The Hall–Kier alpha value is -2.90. The van der Waals surface area contributed by atoms with Gasteiger partial charge in [0.15, 0.2) is 0 Å². The van der Waals surface area contributed by atoms with Crippen LogP contribution in [0.1, 0.15) is 21.5 Å². The van der Waals surface area contributed by atoms with Crippen molar-refractivity contribution < 1.29 is 27.2 Å². The van der Waals surface area contributed by atoms with Crippen LogP contribution in [0, 0.1) is 5.82 Å². The van der Waals surface area contributed by atoms with Gasteiger partial charge in [0.2, 0.25) is 5.91 Å². The van der Waals surface area contributed by atoms with Crippen molar-refractivity contribution in [2.45, 2.75) is 12.7 Å². The summed E-state index contributed by atoms with van der Waals surface area (Å²) < 4.78 is 50.6. The summed E-state index contributed by atoms with van der Waals surface area (Å²) in [5, 5.41) is 4.75. The number of hydrogen-bond acceptors (Lipinski definition) is 2. The number of alkyl halides is 3. The molecule has 0 aromatic heterocycles. The van der Waals surface area contributed by atoms with E-state index in [2.05, 4.69) is 10.6 Å². The molecule has 0 unspecified atom stereocenters. The number of rotatable bonds is 5. The highest BCUT2D eigenvalue weighted by Gasteiger charge is 2.30. The number of hydrogen-bond donors (Lipinski definition) is 2. The average molecular weight is 354 g/mol. The van der Waals surface area contributed by atoms with E-state index >= 15 is 0 Å². The second kappa shape index (κ2) is 7.78. The number of benzene rings is 2. The minimum absolute atomic E-state index is 0.102. The maximum absolute atomic E-state index is 12.8. The number of carbonyl (C=O) groups is 2. The van der Waals surface area contributed by atoms with Crippen LogP contribution in [0.3, 0.4) is 0 Å². The number of nitrogens with one attached hydrogen (secondary N) is 2. The van der Waals surface area contributed by atoms with Crippen molar-refractivity contribution in [2.24, 2.45) is 0 Å². The summed E-state index contributed by atoms with van der Waals surface area (Å²) in [6, 6.07) is 9.35. The van der Waals surface area contributed by atoms with Crippen molar-refractivity contribution in [3.8, 4) is 0 Å². The zero-order valence-corrected chi connectivity index (χ0v) is 12.9. The Labute approximate surface area is 140 Å². The van der Waals surface area contributed by atoms with Crippen LogP contribution in [0.15, 0.2) is 48.5 Å². The van der Waals surface area contributed by atoms with Crippen LogP contribution in [0.4, 0.5) is 17.6 Å². The quantitative estimate of drug-likeness (QED) is 0.812. The fourth-order valence-electron chi connectivity index (χ4n) is 1.98. The smallest absolute Gasteiger partial charge is 0.350 e. The molecule has 0 aliphatic heterocycles. The van der Waals surface area contributed by atoms with Gasteiger partial charge in [-0.05, 0) is 42.0 Å². The van der Waals surface area contributed by atoms with Crippen LogP contribution in [-0.4, -0.2) is 18.4 Å². The summed E-state index contributed by atoms with van der Waals surface area (Å²) in [5.41, 5.74) is -0.330. The van der Waals surface area contributed by atoms with Crippen LogP contribution >= 0.6 is 0 Å². The van der Waals surface area contributed by atoms with Gasteiger partial charge in [-0.2, -0.15) is 13.2 Å². The van der Waals surface area contributed by atoms with Gasteiger partial charge in [0, 0.05) is 12.1 Å². The molecule has 25 heavy (non-hydrogen) atoms. The first-order chi connectivity index (χ1) is 11.8. The molecule has 2 rings (SSSR count). The Morgan fingerprint density at radius 2 is 1.64 bits per heavy atom. The Bertz CT molecular complexity index is 758. The molecule has 4 nitrogen and oxygen atoms in total. The summed E-state index contributed by atoms with van der Waals surface area (Å²) >= 11 is 0. The number of carbonyl (C=O) groups excluding carboxylic acids is 2. The van der Waals surface area contributed by atoms with Gasteiger partial charge in [0.1, 0.15) is 5.82 Å². The van der Waals surface area contributed by atoms with E-state index in [-0.39, 0.29) is 24.2 Å². The minimum atomic E-state index is -4.46. The van der Waals surface area contributed by atoms with Crippen LogP contribution in [-0.2, 0) is 17.5 Å². The zero-order chi connectivity index (χ0) is 18.4. The molecule has 0 radical (unpaired) electrons. The monoisotopic (exact) mass is 354 g/mol. The van der Waals surface area contributed by atoms with Gasteiger partial charge in [-0.3, -0.25) is 9.59 Å². The van der Waals surface area contributed by atoms with Gasteiger partial charge in [-0.1, -0.05) is 12.1 Å². The highest BCUT2D eigenvalue weighted by atomic mass is 19.4. The summed E-state index contributed by atoms with van der Waals surface area (Å²) in [7, 11) is 0. The van der Waals surface area contributed by atoms with Crippen molar-refractivity contribution in [1.29, 1.82) is 0 Å². The average Bonchev–Trinajstić information content (AvgIpc) is 2.58. The third-order valence-corrected chi connectivity index (χ3v) is 3.26. The summed E-state index contributed by atoms with van der Waals surface area (Å²) in [5.74, 6) is -1.61. The molecular weight excluding hydrogens is 340 g/mol. The molecule has 2 aromatic carbocycles. The lowest BCUT2D eigenvalue weighted by atomic mass is 10.1. The Balaban J connectivity index is 1.83. The van der Waals surface area contributed by atoms with E-state index < -0.39 is 29.4 Å². The van der Waals surface area contributed by atoms with Crippen LogP contribution in [0.25, 0.3) is 0 Å². The van der Waals surface area contributed by atoms with Crippen molar-refractivity contribution in [3.63, 3.8) is 0 Å². The molecule has 8 heteroatoms.